The molecule has 0 aliphatic carbocycles. The van der Waals surface area contributed by atoms with Crippen LogP contribution in [0.1, 0.15) is 43.1 Å². The molecule has 4 aromatic rings. The van der Waals surface area contributed by atoms with Gasteiger partial charge in [-0.1, -0.05) is 19.1 Å². The molecule has 0 radical (unpaired) electrons. The number of aromatic nitrogens is 2. The van der Waals surface area contributed by atoms with E-state index in [9.17, 15) is 22.4 Å². The second kappa shape index (κ2) is 12.6. The van der Waals surface area contributed by atoms with Crippen LogP contribution in [0.15, 0.2) is 54.9 Å². The fourth-order valence-corrected chi connectivity index (χ4v) is 6.23. The number of benzene rings is 2. The van der Waals surface area contributed by atoms with Gasteiger partial charge in [0, 0.05) is 60.8 Å². The smallest absolute Gasteiger partial charge is 0.410 e. The van der Waals surface area contributed by atoms with Crippen molar-refractivity contribution in [2.45, 2.75) is 33.3 Å². The predicted octanol–water partition coefficient (Wildman–Crippen LogP) is 5.56. The van der Waals surface area contributed by atoms with E-state index in [0.29, 0.717) is 49.2 Å². The highest BCUT2D eigenvalue weighted by atomic mass is 32.2. The second-order valence-electron chi connectivity index (χ2n) is 10.8. The van der Waals surface area contributed by atoms with Crippen molar-refractivity contribution in [2.24, 2.45) is 0 Å². The van der Waals surface area contributed by atoms with Gasteiger partial charge in [0.05, 0.1) is 23.1 Å². The van der Waals surface area contributed by atoms with Crippen LogP contribution in [-0.4, -0.2) is 73.2 Å². The third-order valence-electron chi connectivity index (χ3n) is 7.27. The zero-order valence-corrected chi connectivity index (χ0v) is 25.4. The third kappa shape index (κ3) is 6.52. The van der Waals surface area contributed by atoms with E-state index in [1.807, 2.05) is 38.1 Å². The topological polar surface area (TPSA) is 125 Å². The molecule has 0 saturated carbocycles. The van der Waals surface area contributed by atoms with Crippen molar-refractivity contribution in [1.29, 1.82) is 0 Å². The minimum atomic E-state index is -3.87. The van der Waals surface area contributed by atoms with Crippen molar-refractivity contribution in [3.63, 3.8) is 0 Å². The van der Waals surface area contributed by atoms with E-state index in [-0.39, 0.29) is 23.5 Å². The van der Waals surface area contributed by atoms with Crippen molar-refractivity contribution in [3.8, 4) is 11.1 Å². The molecule has 3 heterocycles. The molecule has 1 aliphatic rings. The maximum Gasteiger partial charge on any atom is 0.410 e. The molecule has 232 valence electrons. The molecular formula is C31H33F2N5O5S. The standard InChI is InChI=1S/C31H33F2N5O5S/c1-4-15-44(41,42)36-26-10-9-25(32)27(28(26)33)29(39)24-18-35-30-23(24)16-21(17-34-30)20-5-7-22(8-6-20)37-11-13-38(14-12-37)31(40)43-19(2)3/h5-10,16-19,36H,4,11-15H2,1-3H3,(H,34,35). The molecule has 0 bridgehead atoms. The molecule has 0 spiro atoms. The molecule has 1 aliphatic heterocycles. The van der Waals surface area contributed by atoms with Crippen molar-refractivity contribution in [1.82, 2.24) is 14.9 Å². The van der Waals surface area contributed by atoms with Crippen molar-refractivity contribution < 1.29 is 31.5 Å². The van der Waals surface area contributed by atoms with Crippen LogP contribution in [0.5, 0.6) is 0 Å². The second-order valence-corrected chi connectivity index (χ2v) is 12.7. The molecular weight excluding hydrogens is 592 g/mol. The first kappa shape index (κ1) is 30.9. The third-order valence-corrected chi connectivity index (χ3v) is 8.75. The molecule has 10 nitrogen and oxygen atoms in total. The lowest BCUT2D eigenvalue weighted by Crippen LogP contribution is -2.49. The molecule has 5 rings (SSSR count). The number of hydrogen-bond donors (Lipinski definition) is 2. The van der Waals surface area contributed by atoms with Gasteiger partial charge in [-0.3, -0.25) is 9.52 Å². The zero-order chi connectivity index (χ0) is 31.6. The number of anilines is 2. The molecule has 1 amide bonds. The quantitative estimate of drug-likeness (QED) is 0.234. The van der Waals surface area contributed by atoms with E-state index in [1.165, 1.54) is 6.20 Å². The maximum atomic E-state index is 15.3. The number of fused-ring (bicyclic) bond motifs is 1. The SMILES string of the molecule is CCCS(=O)(=O)Nc1ccc(F)c(C(=O)c2c[nH]c3ncc(-c4ccc(N5CCN(C(=O)OC(C)C)CC5)cc4)cc23)c1F. The molecule has 0 unspecified atom stereocenters. The van der Waals surface area contributed by atoms with Crippen LogP contribution in [0.3, 0.4) is 0 Å². The highest BCUT2D eigenvalue weighted by Gasteiger charge is 2.26. The Bertz CT molecular complexity index is 1800. The average Bonchev–Trinajstić information content (AvgIpc) is 3.42. The number of aromatic amines is 1. The van der Waals surface area contributed by atoms with Gasteiger partial charge >= 0.3 is 6.09 Å². The summed E-state index contributed by atoms with van der Waals surface area (Å²) >= 11 is 0. The number of sulfonamides is 1. The first-order valence-electron chi connectivity index (χ1n) is 14.3. The monoisotopic (exact) mass is 625 g/mol. The molecule has 0 atom stereocenters. The summed E-state index contributed by atoms with van der Waals surface area (Å²) < 4.78 is 61.9. The van der Waals surface area contributed by atoms with Gasteiger partial charge in [0.1, 0.15) is 11.5 Å². The lowest BCUT2D eigenvalue weighted by Gasteiger charge is -2.35. The van der Waals surface area contributed by atoms with E-state index in [4.69, 9.17) is 4.74 Å². The molecule has 2 aromatic carbocycles. The van der Waals surface area contributed by atoms with Gasteiger partial charge in [0.2, 0.25) is 15.8 Å². The number of carbonyl (C=O) groups is 2. The van der Waals surface area contributed by atoms with Gasteiger partial charge in [-0.25, -0.2) is 27.0 Å². The fraction of sp³-hybridized carbons (Fsp3) is 0.323. The fourth-order valence-electron chi connectivity index (χ4n) is 5.10. The van der Waals surface area contributed by atoms with E-state index in [1.54, 1.807) is 24.1 Å². The number of ketones is 1. The largest absolute Gasteiger partial charge is 0.447 e. The number of piperazine rings is 1. The van der Waals surface area contributed by atoms with Crippen molar-refractivity contribution in [2.75, 3.05) is 41.6 Å². The van der Waals surface area contributed by atoms with Crippen LogP contribution in [0.25, 0.3) is 22.2 Å². The average molecular weight is 626 g/mol. The van der Waals surface area contributed by atoms with Gasteiger partial charge in [-0.15, -0.1) is 0 Å². The number of ether oxygens (including phenoxy) is 1. The number of hydrogen-bond acceptors (Lipinski definition) is 7. The van der Waals surface area contributed by atoms with Crippen LogP contribution in [-0.2, 0) is 14.8 Å². The minimum absolute atomic E-state index is 0.00815. The Balaban J connectivity index is 1.37. The molecule has 2 aromatic heterocycles. The maximum absolute atomic E-state index is 15.3. The van der Waals surface area contributed by atoms with Gasteiger partial charge < -0.3 is 19.5 Å². The lowest BCUT2D eigenvalue weighted by molar-refractivity contribution is 0.0751. The summed E-state index contributed by atoms with van der Waals surface area (Å²) in [5.41, 5.74) is 1.45. The lowest BCUT2D eigenvalue weighted by atomic mass is 9.99. The molecule has 1 fully saturated rings. The summed E-state index contributed by atoms with van der Waals surface area (Å²) in [4.78, 5) is 36.8. The Morgan fingerprint density at radius 1 is 1.05 bits per heavy atom. The number of nitrogens with one attached hydrogen (secondary N) is 2. The number of pyridine rings is 1. The summed E-state index contributed by atoms with van der Waals surface area (Å²) in [7, 11) is -3.87. The molecule has 44 heavy (non-hydrogen) atoms. The van der Waals surface area contributed by atoms with Crippen LogP contribution in [0, 0.1) is 11.6 Å². The van der Waals surface area contributed by atoms with Crippen molar-refractivity contribution in [3.05, 3.63) is 77.6 Å². The Morgan fingerprint density at radius 2 is 1.75 bits per heavy atom. The first-order chi connectivity index (χ1) is 21.0. The van der Waals surface area contributed by atoms with E-state index >= 15 is 4.39 Å². The number of carbonyl (C=O) groups excluding carboxylic acids is 2. The van der Waals surface area contributed by atoms with Crippen molar-refractivity contribution >= 4 is 44.3 Å². The molecule has 2 N–H and O–H groups in total. The van der Waals surface area contributed by atoms with E-state index in [2.05, 4.69) is 19.6 Å². The zero-order valence-electron chi connectivity index (χ0n) is 24.6. The highest BCUT2D eigenvalue weighted by Crippen LogP contribution is 2.30. The summed E-state index contributed by atoms with van der Waals surface area (Å²) in [6, 6.07) is 11.3. The Kier molecular flexibility index (Phi) is 8.86. The number of halogens is 2. The Hall–Kier alpha value is -4.52. The first-order valence-corrected chi connectivity index (χ1v) is 15.9. The molecule has 13 heteroatoms. The molecule has 1 saturated heterocycles. The Labute approximate surface area is 254 Å². The summed E-state index contributed by atoms with van der Waals surface area (Å²) in [6.45, 7) is 7.70. The van der Waals surface area contributed by atoms with Crippen LogP contribution >= 0.6 is 0 Å². The van der Waals surface area contributed by atoms with E-state index < -0.39 is 38.7 Å². The van der Waals surface area contributed by atoms with Gasteiger partial charge in [0.25, 0.3) is 0 Å². The number of amides is 1. The van der Waals surface area contributed by atoms with Gasteiger partial charge in [0.15, 0.2) is 5.82 Å². The normalized spacial score (nSPS) is 13.9. The summed E-state index contributed by atoms with van der Waals surface area (Å²) in [5, 5.41) is 0.358. The number of rotatable bonds is 9. The highest BCUT2D eigenvalue weighted by molar-refractivity contribution is 7.92. The van der Waals surface area contributed by atoms with E-state index in [0.717, 1.165) is 23.4 Å². The van der Waals surface area contributed by atoms with Crippen LogP contribution in [0.4, 0.5) is 25.0 Å². The number of nitrogens with zero attached hydrogens (tertiary/aromatic N) is 3. The van der Waals surface area contributed by atoms with Crippen LogP contribution in [0.2, 0.25) is 0 Å². The van der Waals surface area contributed by atoms with Gasteiger partial charge in [-0.05, 0) is 56.2 Å². The van der Waals surface area contributed by atoms with Crippen LogP contribution < -0.4 is 9.62 Å². The summed E-state index contributed by atoms with van der Waals surface area (Å²) in [5.74, 6) is -3.61. The minimum Gasteiger partial charge on any atom is -0.447 e. The van der Waals surface area contributed by atoms with Gasteiger partial charge in [-0.2, -0.15) is 0 Å². The Morgan fingerprint density at radius 3 is 2.41 bits per heavy atom. The number of H-pyrrole nitrogens is 1. The predicted molar refractivity (Wildman–Crippen MR) is 164 cm³/mol. The summed E-state index contributed by atoms with van der Waals surface area (Å²) in [6.07, 6.45) is 2.77.